The molecular weight excluding hydrogens is 270 g/mol. The summed E-state index contributed by atoms with van der Waals surface area (Å²) >= 11 is 0. The highest BCUT2D eigenvalue weighted by Crippen LogP contribution is 2.29. The number of hydrogen-bond acceptors (Lipinski definition) is 6. The third-order valence-electron chi connectivity index (χ3n) is 3.16. The van der Waals surface area contributed by atoms with Gasteiger partial charge in [-0.1, -0.05) is 0 Å². The van der Waals surface area contributed by atoms with Gasteiger partial charge in [-0.25, -0.2) is 10.8 Å². The summed E-state index contributed by atoms with van der Waals surface area (Å²) in [6, 6.07) is 7.14. The lowest BCUT2D eigenvalue weighted by molar-refractivity contribution is -0.116. The number of fused-ring (bicyclic) bond motifs is 1. The number of ether oxygens (including phenoxy) is 1. The Hall–Kier alpha value is -2.67. The van der Waals surface area contributed by atoms with Crippen LogP contribution in [0.1, 0.15) is 17.8 Å². The quantitative estimate of drug-likeness (QED) is 0.586. The summed E-state index contributed by atoms with van der Waals surface area (Å²) in [5, 5.41) is 2.83. The molecule has 0 bridgehead atoms. The largest absolute Gasteiger partial charge is 0.439 e. The molecule has 1 aliphatic rings. The highest BCUT2D eigenvalue weighted by Gasteiger charge is 2.15. The van der Waals surface area contributed by atoms with E-state index in [9.17, 15) is 4.79 Å². The average molecular weight is 285 g/mol. The molecule has 1 aromatic heterocycles. The van der Waals surface area contributed by atoms with Gasteiger partial charge in [-0.15, -0.1) is 0 Å². The lowest BCUT2D eigenvalue weighted by atomic mass is 10.0. The number of amides is 1. The van der Waals surface area contributed by atoms with Crippen molar-refractivity contribution in [1.29, 1.82) is 0 Å². The van der Waals surface area contributed by atoms with Crippen molar-refractivity contribution in [3.05, 3.63) is 35.7 Å². The fourth-order valence-corrected chi connectivity index (χ4v) is 2.21. The molecule has 21 heavy (non-hydrogen) atoms. The molecule has 1 aliphatic heterocycles. The van der Waals surface area contributed by atoms with E-state index in [2.05, 4.69) is 20.7 Å². The van der Waals surface area contributed by atoms with Gasteiger partial charge in [0.25, 0.3) is 0 Å². The number of nitrogens with two attached hydrogens (primary N) is 1. The SMILES string of the molecule is Cc1nc(NN)cc(Oc2ccc3c(c2)CCC(=O)N3)n1. The third kappa shape index (κ3) is 2.92. The first-order chi connectivity index (χ1) is 10.1. The smallest absolute Gasteiger partial charge is 0.224 e. The number of nitrogen functional groups attached to an aromatic ring is 1. The fraction of sp³-hybridized carbons (Fsp3) is 0.214. The number of benzene rings is 1. The molecule has 4 N–H and O–H groups in total. The Morgan fingerprint density at radius 1 is 1.29 bits per heavy atom. The Kier molecular flexibility index (Phi) is 3.41. The summed E-state index contributed by atoms with van der Waals surface area (Å²) < 4.78 is 5.74. The highest BCUT2D eigenvalue weighted by molar-refractivity contribution is 5.94. The molecule has 0 saturated heterocycles. The van der Waals surface area contributed by atoms with Gasteiger partial charge in [0.05, 0.1) is 0 Å². The first-order valence-electron chi connectivity index (χ1n) is 6.57. The van der Waals surface area contributed by atoms with Crippen molar-refractivity contribution in [1.82, 2.24) is 9.97 Å². The molecule has 1 amide bonds. The molecule has 7 heteroatoms. The number of anilines is 2. The van der Waals surface area contributed by atoms with Crippen LogP contribution in [0.3, 0.4) is 0 Å². The maximum atomic E-state index is 11.3. The number of carbonyl (C=O) groups excluding carboxylic acids is 1. The van der Waals surface area contributed by atoms with Crippen LogP contribution in [0.4, 0.5) is 11.5 Å². The Morgan fingerprint density at radius 3 is 2.95 bits per heavy atom. The molecule has 2 aromatic rings. The van der Waals surface area contributed by atoms with Crippen molar-refractivity contribution < 1.29 is 9.53 Å². The molecule has 0 spiro atoms. The molecule has 0 saturated carbocycles. The van der Waals surface area contributed by atoms with Crippen molar-refractivity contribution in [2.24, 2.45) is 5.84 Å². The molecular formula is C14H15N5O2. The van der Waals surface area contributed by atoms with Crippen LogP contribution in [0.15, 0.2) is 24.3 Å². The Balaban J connectivity index is 1.85. The van der Waals surface area contributed by atoms with E-state index < -0.39 is 0 Å². The van der Waals surface area contributed by atoms with Crippen molar-refractivity contribution in [2.75, 3.05) is 10.7 Å². The lowest BCUT2D eigenvalue weighted by Gasteiger charge is -2.17. The zero-order chi connectivity index (χ0) is 14.8. The average Bonchev–Trinajstić information content (AvgIpc) is 2.47. The zero-order valence-corrected chi connectivity index (χ0v) is 11.5. The number of aromatic nitrogens is 2. The van der Waals surface area contributed by atoms with Gasteiger partial charge in [0.2, 0.25) is 11.8 Å². The van der Waals surface area contributed by atoms with Crippen LogP contribution in [0.2, 0.25) is 0 Å². The van der Waals surface area contributed by atoms with Crippen molar-refractivity contribution in [2.45, 2.75) is 19.8 Å². The van der Waals surface area contributed by atoms with Gasteiger partial charge >= 0.3 is 0 Å². The summed E-state index contributed by atoms with van der Waals surface area (Å²) in [6.07, 6.45) is 1.20. The second kappa shape index (κ2) is 5.37. The number of hydrazine groups is 1. The minimum Gasteiger partial charge on any atom is -0.439 e. The Bertz CT molecular complexity index is 702. The van der Waals surface area contributed by atoms with Gasteiger partial charge in [-0.2, -0.15) is 4.98 Å². The molecule has 0 unspecified atom stereocenters. The lowest BCUT2D eigenvalue weighted by Crippen LogP contribution is -2.18. The Labute approximate surface area is 121 Å². The van der Waals surface area contributed by atoms with Gasteiger partial charge in [-0.05, 0) is 37.1 Å². The minimum atomic E-state index is 0.0428. The van der Waals surface area contributed by atoms with Crippen molar-refractivity contribution in [3.8, 4) is 11.6 Å². The highest BCUT2D eigenvalue weighted by atomic mass is 16.5. The van der Waals surface area contributed by atoms with Crippen LogP contribution in [-0.2, 0) is 11.2 Å². The van der Waals surface area contributed by atoms with Gasteiger partial charge in [0.1, 0.15) is 17.4 Å². The van der Waals surface area contributed by atoms with E-state index >= 15 is 0 Å². The summed E-state index contributed by atoms with van der Waals surface area (Å²) in [6.45, 7) is 1.76. The number of carbonyl (C=O) groups is 1. The topological polar surface area (TPSA) is 102 Å². The first kappa shape index (κ1) is 13.3. The van der Waals surface area contributed by atoms with E-state index in [1.165, 1.54) is 0 Å². The van der Waals surface area contributed by atoms with Gasteiger partial charge in [0, 0.05) is 18.2 Å². The standard InChI is InChI=1S/C14H15N5O2/c1-8-16-12(19-15)7-14(17-8)21-10-3-4-11-9(6-10)2-5-13(20)18-11/h3-4,6-7H,2,5,15H2,1H3,(H,18,20)(H,16,17,19). The number of aryl methyl sites for hydroxylation is 2. The molecule has 0 fully saturated rings. The molecule has 2 heterocycles. The van der Waals surface area contributed by atoms with Crippen LogP contribution in [0, 0.1) is 6.92 Å². The normalized spacial score (nSPS) is 13.3. The Morgan fingerprint density at radius 2 is 2.14 bits per heavy atom. The second-order valence-corrected chi connectivity index (χ2v) is 4.75. The molecule has 7 nitrogen and oxygen atoms in total. The summed E-state index contributed by atoms with van der Waals surface area (Å²) in [7, 11) is 0. The van der Waals surface area contributed by atoms with Crippen LogP contribution in [-0.4, -0.2) is 15.9 Å². The van der Waals surface area contributed by atoms with E-state index in [0.29, 0.717) is 36.1 Å². The van der Waals surface area contributed by atoms with E-state index in [0.717, 1.165) is 11.3 Å². The van der Waals surface area contributed by atoms with Gasteiger partial charge in [0.15, 0.2) is 0 Å². The van der Waals surface area contributed by atoms with E-state index in [1.54, 1.807) is 19.1 Å². The summed E-state index contributed by atoms with van der Waals surface area (Å²) in [4.78, 5) is 19.6. The number of rotatable bonds is 3. The zero-order valence-electron chi connectivity index (χ0n) is 11.5. The summed E-state index contributed by atoms with van der Waals surface area (Å²) in [5.74, 6) is 7.51. The van der Waals surface area contributed by atoms with E-state index in [1.807, 2.05) is 12.1 Å². The maximum Gasteiger partial charge on any atom is 0.224 e. The number of hydrogen-bond donors (Lipinski definition) is 3. The van der Waals surface area contributed by atoms with Crippen LogP contribution < -0.4 is 21.3 Å². The van der Waals surface area contributed by atoms with Crippen molar-refractivity contribution in [3.63, 3.8) is 0 Å². The van der Waals surface area contributed by atoms with Crippen LogP contribution in [0.5, 0.6) is 11.6 Å². The number of nitrogens with zero attached hydrogens (tertiary/aromatic N) is 2. The number of nitrogens with one attached hydrogen (secondary N) is 2. The van der Waals surface area contributed by atoms with Gasteiger partial charge in [-0.3, -0.25) is 4.79 Å². The first-order valence-corrected chi connectivity index (χ1v) is 6.57. The van der Waals surface area contributed by atoms with Gasteiger partial charge < -0.3 is 15.5 Å². The van der Waals surface area contributed by atoms with Crippen molar-refractivity contribution >= 4 is 17.4 Å². The van der Waals surface area contributed by atoms with Crippen LogP contribution in [0.25, 0.3) is 0 Å². The molecule has 0 aliphatic carbocycles. The minimum absolute atomic E-state index is 0.0428. The maximum absolute atomic E-state index is 11.3. The molecule has 0 atom stereocenters. The predicted molar refractivity (Wildman–Crippen MR) is 78.0 cm³/mol. The molecule has 0 radical (unpaired) electrons. The van der Waals surface area contributed by atoms with Crippen LogP contribution >= 0.6 is 0 Å². The summed E-state index contributed by atoms with van der Waals surface area (Å²) in [5.41, 5.74) is 4.36. The molecule has 3 rings (SSSR count). The third-order valence-corrected chi connectivity index (χ3v) is 3.16. The predicted octanol–water partition coefficient (Wildman–Crippen LogP) is 1.75. The van der Waals surface area contributed by atoms with E-state index in [4.69, 9.17) is 10.6 Å². The van der Waals surface area contributed by atoms with E-state index in [-0.39, 0.29) is 5.91 Å². The monoisotopic (exact) mass is 285 g/mol. The molecule has 108 valence electrons. The second-order valence-electron chi connectivity index (χ2n) is 4.75. The molecule has 1 aromatic carbocycles. The fourth-order valence-electron chi connectivity index (χ4n) is 2.21.